The number of amides is 1. The van der Waals surface area contributed by atoms with E-state index in [0.29, 0.717) is 12.3 Å². The van der Waals surface area contributed by atoms with E-state index >= 15 is 0 Å². The second kappa shape index (κ2) is 6.43. The van der Waals surface area contributed by atoms with Crippen LogP contribution in [0.25, 0.3) is 0 Å². The van der Waals surface area contributed by atoms with E-state index in [1.165, 1.54) is 6.92 Å². The number of esters is 1. The molecule has 4 heteroatoms. The highest BCUT2D eigenvalue weighted by Gasteiger charge is 2.22. The smallest absolute Gasteiger partial charge is 0.328 e. The Morgan fingerprint density at radius 3 is 2.07 bits per heavy atom. The van der Waals surface area contributed by atoms with Gasteiger partial charge in [0.05, 0.1) is 6.10 Å². The van der Waals surface area contributed by atoms with Crippen molar-refractivity contribution in [1.82, 2.24) is 5.32 Å². The van der Waals surface area contributed by atoms with Gasteiger partial charge in [-0.25, -0.2) is 4.79 Å². The standard InChI is InChI=1S/C11H21NO3/c1-7(2)6-10(12-9(5)13)11(14)15-8(3)4/h7-8,10H,6H2,1-5H3,(H,12,13)/t10-/m0/s1. The Bertz CT molecular complexity index is 224. The molecule has 0 saturated heterocycles. The Hall–Kier alpha value is -1.06. The van der Waals surface area contributed by atoms with Crippen molar-refractivity contribution in [2.24, 2.45) is 5.92 Å². The Morgan fingerprint density at radius 1 is 1.20 bits per heavy atom. The van der Waals surface area contributed by atoms with Gasteiger partial charge in [-0.2, -0.15) is 0 Å². The Kier molecular flexibility index (Phi) is 5.97. The van der Waals surface area contributed by atoms with Crippen LogP contribution in [-0.2, 0) is 14.3 Å². The number of ether oxygens (including phenoxy) is 1. The summed E-state index contributed by atoms with van der Waals surface area (Å²) in [5.74, 6) is -0.225. The highest BCUT2D eigenvalue weighted by atomic mass is 16.5. The van der Waals surface area contributed by atoms with E-state index in [2.05, 4.69) is 5.32 Å². The molecule has 1 amide bonds. The predicted molar refractivity (Wildman–Crippen MR) is 58.3 cm³/mol. The summed E-state index contributed by atoms with van der Waals surface area (Å²) in [5.41, 5.74) is 0. The van der Waals surface area contributed by atoms with E-state index in [1.54, 1.807) is 13.8 Å². The van der Waals surface area contributed by atoms with Gasteiger partial charge in [0, 0.05) is 6.92 Å². The minimum atomic E-state index is -0.523. The molecule has 0 aromatic heterocycles. The second-order valence-electron chi connectivity index (χ2n) is 4.37. The summed E-state index contributed by atoms with van der Waals surface area (Å²) in [4.78, 5) is 22.5. The number of hydrogen-bond donors (Lipinski definition) is 1. The average molecular weight is 215 g/mol. The molecule has 0 radical (unpaired) electrons. The van der Waals surface area contributed by atoms with Crippen LogP contribution in [0.4, 0.5) is 0 Å². The quantitative estimate of drug-likeness (QED) is 0.707. The highest BCUT2D eigenvalue weighted by molar-refractivity contribution is 5.83. The maximum atomic E-state index is 11.6. The van der Waals surface area contributed by atoms with Crippen LogP contribution >= 0.6 is 0 Å². The lowest BCUT2D eigenvalue weighted by atomic mass is 10.0. The Morgan fingerprint density at radius 2 is 1.73 bits per heavy atom. The van der Waals surface area contributed by atoms with Gasteiger partial charge in [-0.05, 0) is 26.2 Å². The highest BCUT2D eigenvalue weighted by Crippen LogP contribution is 2.07. The molecule has 1 atom stereocenters. The van der Waals surface area contributed by atoms with Crippen LogP contribution in [0.5, 0.6) is 0 Å². The molecule has 4 nitrogen and oxygen atoms in total. The van der Waals surface area contributed by atoms with Crippen molar-refractivity contribution in [3.8, 4) is 0 Å². The number of carbonyl (C=O) groups is 2. The van der Waals surface area contributed by atoms with Crippen molar-refractivity contribution < 1.29 is 14.3 Å². The summed E-state index contributed by atoms with van der Waals surface area (Å²) in [7, 11) is 0. The molecule has 0 aliphatic carbocycles. The van der Waals surface area contributed by atoms with Crippen LogP contribution in [0.2, 0.25) is 0 Å². The first-order chi connectivity index (χ1) is 6.82. The maximum Gasteiger partial charge on any atom is 0.328 e. The van der Waals surface area contributed by atoms with Gasteiger partial charge in [0.15, 0.2) is 0 Å². The minimum Gasteiger partial charge on any atom is -0.461 e. The summed E-state index contributed by atoms with van der Waals surface area (Å²) in [5, 5.41) is 2.60. The monoisotopic (exact) mass is 215 g/mol. The number of nitrogens with one attached hydrogen (secondary N) is 1. The summed E-state index contributed by atoms with van der Waals surface area (Å²) in [6.45, 7) is 8.97. The maximum absolute atomic E-state index is 11.6. The zero-order valence-electron chi connectivity index (χ0n) is 10.2. The van der Waals surface area contributed by atoms with Gasteiger partial charge in [-0.3, -0.25) is 4.79 Å². The van der Waals surface area contributed by atoms with Crippen molar-refractivity contribution in [2.75, 3.05) is 0 Å². The number of carbonyl (C=O) groups excluding carboxylic acids is 2. The molecule has 0 saturated carbocycles. The van der Waals surface area contributed by atoms with Gasteiger partial charge >= 0.3 is 5.97 Å². The van der Waals surface area contributed by atoms with E-state index in [-0.39, 0.29) is 18.0 Å². The van der Waals surface area contributed by atoms with Crippen LogP contribution in [0.3, 0.4) is 0 Å². The fraction of sp³-hybridized carbons (Fsp3) is 0.818. The van der Waals surface area contributed by atoms with Gasteiger partial charge in [-0.1, -0.05) is 13.8 Å². The fourth-order valence-electron chi connectivity index (χ4n) is 1.25. The molecule has 88 valence electrons. The summed E-state index contributed by atoms with van der Waals surface area (Å²) >= 11 is 0. The van der Waals surface area contributed by atoms with Crippen molar-refractivity contribution in [3.63, 3.8) is 0 Å². The van der Waals surface area contributed by atoms with Crippen molar-refractivity contribution in [1.29, 1.82) is 0 Å². The molecule has 0 aromatic carbocycles. The molecule has 0 aromatic rings. The SMILES string of the molecule is CC(=O)N[C@@H](CC(C)C)C(=O)OC(C)C. The van der Waals surface area contributed by atoms with Crippen molar-refractivity contribution in [3.05, 3.63) is 0 Å². The zero-order valence-corrected chi connectivity index (χ0v) is 10.2. The summed E-state index contributed by atoms with van der Waals surface area (Å²) < 4.78 is 5.06. The van der Waals surface area contributed by atoms with Crippen molar-refractivity contribution >= 4 is 11.9 Å². The fourth-order valence-corrected chi connectivity index (χ4v) is 1.25. The first-order valence-corrected chi connectivity index (χ1v) is 5.30. The van der Waals surface area contributed by atoms with E-state index in [9.17, 15) is 9.59 Å². The third-order valence-corrected chi connectivity index (χ3v) is 1.72. The zero-order chi connectivity index (χ0) is 12.0. The van der Waals surface area contributed by atoms with Crippen LogP contribution < -0.4 is 5.32 Å². The molecular formula is C11H21NO3. The third-order valence-electron chi connectivity index (χ3n) is 1.72. The molecule has 0 unspecified atom stereocenters. The van der Waals surface area contributed by atoms with E-state index < -0.39 is 6.04 Å². The van der Waals surface area contributed by atoms with Crippen LogP contribution in [-0.4, -0.2) is 24.0 Å². The molecule has 15 heavy (non-hydrogen) atoms. The molecule has 0 aliphatic rings. The number of hydrogen-bond acceptors (Lipinski definition) is 3. The predicted octanol–water partition coefficient (Wildman–Crippen LogP) is 1.49. The van der Waals surface area contributed by atoms with Crippen LogP contribution in [0.1, 0.15) is 41.0 Å². The average Bonchev–Trinajstić information content (AvgIpc) is 1.99. The molecular weight excluding hydrogens is 194 g/mol. The third kappa shape index (κ3) is 6.94. The van der Waals surface area contributed by atoms with Crippen molar-refractivity contribution in [2.45, 2.75) is 53.2 Å². The van der Waals surface area contributed by atoms with E-state index in [0.717, 1.165) is 0 Å². The van der Waals surface area contributed by atoms with Gasteiger partial charge in [0.25, 0.3) is 0 Å². The second-order valence-corrected chi connectivity index (χ2v) is 4.37. The van der Waals surface area contributed by atoms with Crippen LogP contribution in [0.15, 0.2) is 0 Å². The van der Waals surface area contributed by atoms with Gasteiger partial charge in [0.2, 0.25) is 5.91 Å². The van der Waals surface area contributed by atoms with E-state index in [1.807, 2.05) is 13.8 Å². The van der Waals surface area contributed by atoms with Gasteiger partial charge in [-0.15, -0.1) is 0 Å². The molecule has 0 spiro atoms. The topological polar surface area (TPSA) is 55.4 Å². The first-order valence-electron chi connectivity index (χ1n) is 5.30. The molecule has 1 N–H and O–H groups in total. The van der Waals surface area contributed by atoms with Crippen LogP contribution in [0, 0.1) is 5.92 Å². The van der Waals surface area contributed by atoms with Gasteiger partial charge < -0.3 is 10.1 Å². The summed E-state index contributed by atoms with van der Waals surface area (Å²) in [6, 6.07) is -0.523. The lowest BCUT2D eigenvalue weighted by Gasteiger charge is -2.19. The lowest BCUT2D eigenvalue weighted by Crippen LogP contribution is -2.42. The summed E-state index contributed by atoms with van der Waals surface area (Å²) in [6.07, 6.45) is 0.450. The number of rotatable bonds is 5. The Labute approximate surface area is 91.4 Å². The Balaban J connectivity index is 4.33. The van der Waals surface area contributed by atoms with E-state index in [4.69, 9.17) is 4.74 Å². The first kappa shape index (κ1) is 13.9. The molecule has 0 fully saturated rings. The molecule has 0 aliphatic heterocycles. The molecule has 0 heterocycles. The molecule has 0 bridgehead atoms. The molecule has 0 rings (SSSR count). The minimum absolute atomic E-state index is 0.152. The largest absolute Gasteiger partial charge is 0.461 e. The van der Waals surface area contributed by atoms with Gasteiger partial charge in [0.1, 0.15) is 6.04 Å². The normalized spacial score (nSPS) is 12.7. The lowest BCUT2D eigenvalue weighted by molar-refractivity contribution is -0.151.